The van der Waals surface area contributed by atoms with Gasteiger partial charge in [-0.1, -0.05) is 18.7 Å². The topological polar surface area (TPSA) is 12.0 Å². The lowest BCUT2D eigenvalue weighted by Gasteiger charge is -2.17. The molecular weight excluding hydrogens is 276 g/mol. The molecule has 0 aliphatic rings. The molecule has 106 valence electrons. The van der Waals surface area contributed by atoms with Crippen LogP contribution in [0.1, 0.15) is 25.5 Å². The molecule has 0 aromatic heterocycles. The summed E-state index contributed by atoms with van der Waals surface area (Å²) in [4.78, 5) is 1.91. The zero-order valence-corrected chi connectivity index (χ0v) is 12.3. The molecular formula is C16H17F2NS. The number of hydrogen-bond donors (Lipinski definition) is 1. The summed E-state index contributed by atoms with van der Waals surface area (Å²) in [6, 6.07) is 11.2. The molecule has 0 amide bonds. The Morgan fingerprint density at radius 2 is 1.70 bits per heavy atom. The van der Waals surface area contributed by atoms with E-state index < -0.39 is 0 Å². The van der Waals surface area contributed by atoms with Crippen molar-refractivity contribution in [3.05, 3.63) is 59.7 Å². The van der Waals surface area contributed by atoms with Gasteiger partial charge in [0, 0.05) is 15.8 Å². The van der Waals surface area contributed by atoms with Crippen LogP contribution in [-0.2, 0) is 0 Å². The summed E-state index contributed by atoms with van der Waals surface area (Å²) in [5, 5.41) is 3.28. The molecule has 1 unspecified atom stereocenters. The van der Waals surface area contributed by atoms with Crippen molar-refractivity contribution in [3.8, 4) is 0 Å². The van der Waals surface area contributed by atoms with Crippen molar-refractivity contribution in [1.29, 1.82) is 0 Å². The van der Waals surface area contributed by atoms with Gasteiger partial charge in [-0.05, 0) is 61.5 Å². The SMILES string of the molecule is CCNC(C)c1cc(F)ccc1Sc1ccc(F)cc1. The molecule has 2 aromatic carbocycles. The van der Waals surface area contributed by atoms with Crippen molar-refractivity contribution in [3.63, 3.8) is 0 Å². The summed E-state index contributed by atoms with van der Waals surface area (Å²) in [6.45, 7) is 4.84. The van der Waals surface area contributed by atoms with Gasteiger partial charge in [-0.2, -0.15) is 0 Å². The van der Waals surface area contributed by atoms with Gasteiger partial charge in [-0.25, -0.2) is 8.78 Å². The van der Waals surface area contributed by atoms with Crippen LogP contribution in [0.3, 0.4) is 0 Å². The minimum absolute atomic E-state index is 0.0682. The van der Waals surface area contributed by atoms with Crippen LogP contribution in [0.15, 0.2) is 52.3 Å². The van der Waals surface area contributed by atoms with Crippen LogP contribution in [0, 0.1) is 11.6 Å². The summed E-state index contributed by atoms with van der Waals surface area (Å²) in [7, 11) is 0. The molecule has 0 fully saturated rings. The van der Waals surface area contributed by atoms with Crippen LogP contribution in [0.25, 0.3) is 0 Å². The minimum atomic E-state index is -0.255. The molecule has 0 aliphatic carbocycles. The molecule has 0 spiro atoms. The molecule has 0 aliphatic heterocycles. The second-order valence-corrected chi connectivity index (χ2v) is 5.63. The average Bonchev–Trinajstić information content (AvgIpc) is 2.43. The number of halogens is 2. The third-order valence-electron chi connectivity index (χ3n) is 2.99. The lowest BCUT2D eigenvalue weighted by atomic mass is 10.1. The first-order valence-electron chi connectivity index (χ1n) is 6.56. The minimum Gasteiger partial charge on any atom is -0.310 e. The van der Waals surface area contributed by atoms with Crippen molar-refractivity contribution in [2.24, 2.45) is 0 Å². The molecule has 1 nitrogen and oxygen atoms in total. The van der Waals surface area contributed by atoms with E-state index in [0.29, 0.717) is 0 Å². The third kappa shape index (κ3) is 3.81. The molecule has 1 N–H and O–H groups in total. The zero-order valence-electron chi connectivity index (χ0n) is 11.5. The molecule has 0 radical (unpaired) electrons. The van der Waals surface area contributed by atoms with Crippen LogP contribution < -0.4 is 5.32 Å². The molecule has 0 bridgehead atoms. The van der Waals surface area contributed by atoms with E-state index in [1.165, 1.54) is 30.0 Å². The number of benzene rings is 2. The maximum atomic E-state index is 13.5. The summed E-state index contributed by atoms with van der Waals surface area (Å²) >= 11 is 1.51. The van der Waals surface area contributed by atoms with Crippen LogP contribution in [0.4, 0.5) is 8.78 Å². The lowest BCUT2D eigenvalue weighted by molar-refractivity contribution is 0.574. The number of hydrogen-bond acceptors (Lipinski definition) is 2. The quantitative estimate of drug-likeness (QED) is 0.851. The maximum absolute atomic E-state index is 13.5. The van der Waals surface area contributed by atoms with E-state index in [9.17, 15) is 8.78 Å². The molecule has 2 aromatic rings. The predicted molar refractivity (Wildman–Crippen MR) is 79.0 cm³/mol. The summed E-state index contributed by atoms with van der Waals surface area (Å²) in [5.74, 6) is -0.497. The van der Waals surface area contributed by atoms with E-state index in [-0.39, 0.29) is 17.7 Å². The van der Waals surface area contributed by atoms with Gasteiger partial charge < -0.3 is 5.32 Å². The Bertz CT molecular complexity index is 569. The summed E-state index contributed by atoms with van der Waals surface area (Å²) in [6.07, 6.45) is 0. The van der Waals surface area contributed by atoms with Crippen molar-refractivity contribution in [2.45, 2.75) is 29.7 Å². The normalized spacial score (nSPS) is 12.4. The van der Waals surface area contributed by atoms with Crippen LogP contribution in [0.2, 0.25) is 0 Å². The first-order valence-corrected chi connectivity index (χ1v) is 7.38. The highest BCUT2D eigenvalue weighted by atomic mass is 32.2. The van der Waals surface area contributed by atoms with E-state index in [1.54, 1.807) is 24.3 Å². The van der Waals surface area contributed by atoms with Gasteiger partial charge in [0.25, 0.3) is 0 Å². The van der Waals surface area contributed by atoms with Crippen molar-refractivity contribution < 1.29 is 8.78 Å². The van der Waals surface area contributed by atoms with Gasteiger partial charge in [0.15, 0.2) is 0 Å². The highest BCUT2D eigenvalue weighted by Crippen LogP contribution is 2.33. The Morgan fingerprint density at radius 1 is 1.05 bits per heavy atom. The van der Waals surface area contributed by atoms with Gasteiger partial charge in [0.1, 0.15) is 11.6 Å². The summed E-state index contributed by atoms with van der Waals surface area (Å²) < 4.78 is 26.4. The predicted octanol–water partition coefficient (Wildman–Crippen LogP) is 4.79. The van der Waals surface area contributed by atoms with E-state index in [2.05, 4.69) is 5.32 Å². The Hall–Kier alpha value is -1.39. The number of rotatable bonds is 5. The van der Waals surface area contributed by atoms with Gasteiger partial charge in [0.05, 0.1) is 0 Å². The molecule has 4 heteroatoms. The second-order valence-electron chi connectivity index (χ2n) is 4.52. The fraction of sp³-hybridized carbons (Fsp3) is 0.250. The smallest absolute Gasteiger partial charge is 0.123 e. The Balaban J connectivity index is 2.28. The first kappa shape index (κ1) is 15.0. The Labute approximate surface area is 122 Å². The van der Waals surface area contributed by atoms with Gasteiger partial charge >= 0.3 is 0 Å². The third-order valence-corrected chi connectivity index (χ3v) is 4.09. The molecule has 2 rings (SSSR count). The highest BCUT2D eigenvalue weighted by molar-refractivity contribution is 7.99. The van der Waals surface area contributed by atoms with E-state index in [0.717, 1.165) is 21.9 Å². The van der Waals surface area contributed by atoms with E-state index >= 15 is 0 Å². The summed E-state index contributed by atoms with van der Waals surface area (Å²) in [5.41, 5.74) is 0.918. The molecule has 0 saturated heterocycles. The monoisotopic (exact) mass is 293 g/mol. The Morgan fingerprint density at radius 3 is 2.35 bits per heavy atom. The second kappa shape index (κ2) is 6.86. The maximum Gasteiger partial charge on any atom is 0.123 e. The van der Waals surface area contributed by atoms with Crippen molar-refractivity contribution in [2.75, 3.05) is 6.54 Å². The fourth-order valence-corrected chi connectivity index (χ4v) is 3.01. The lowest BCUT2D eigenvalue weighted by Crippen LogP contribution is -2.18. The molecule has 20 heavy (non-hydrogen) atoms. The Kier molecular flexibility index (Phi) is 5.15. The van der Waals surface area contributed by atoms with E-state index in [4.69, 9.17) is 0 Å². The largest absolute Gasteiger partial charge is 0.310 e. The van der Waals surface area contributed by atoms with Crippen molar-refractivity contribution in [1.82, 2.24) is 5.32 Å². The fourth-order valence-electron chi connectivity index (χ4n) is 2.00. The van der Waals surface area contributed by atoms with E-state index in [1.807, 2.05) is 13.8 Å². The molecule has 0 saturated carbocycles. The highest BCUT2D eigenvalue weighted by Gasteiger charge is 2.12. The van der Waals surface area contributed by atoms with Crippen LogP contribution in [0.5, 0.6) is 0 Å². The molecule has 0 heterocycles. The standard InChI is InChI=1S/C16H17F2NS/c1-3-19-11(2)15-10-13(18)6-9-16(15)20-14-7-4-12(17)5-8-14/h4-11,19H,3H2,1-2H3. The van der Waals surface area contributed by atoms with Gasteiger partial charge in [0.2, 0.25) is 0 Å². The van der Waals surface area contributed by atoms with Crippen LogP contribution >= 0.6 is 11.8 Å². The van der Waals surface area contributed by atoms with Crippen molar-refractivity contribution >= 4 is 11.8 Å². The van der Waals surface area contributed by atoms with Gasteiger partial charge in [-0.15, -0.1) is 0 Å². The average molecular weight is 293 g/mol. The number of nitrogens with one attached hydrogen (secondary N) is 1. The van der Waals surface area contributed by atoms with Crippen LogP contribution in [-0.4, -0.2) is 6.54 Å². The zero-order chi connectivity index (χ0) is 14.5. The molecule has 1 atom stereocenters. The first-order chi connectivity index (χ1) is 9.60. The van der Waals surface area contributed by atoms with Gasteiger partial charge in [-0.3, -0.25) is 0 Å².